The van der Waals surface area contributed by atoms with Crippen molar-refractivity contribution in [3.8, 4) is 0 Å². The highest BCUT2D eigenvalue weighted by atomic mass is 35.5. The fourth-order valence-corrected chi connectivity index (χ4v) is 4.48. The summed E-state index contributed by atoms with van der Waals surface area (Å²) < 4.78 is 26.0. The quantitative estimate of drug-likeness (QED) is 0.516. The third kappa shape index (κ3) is 8.05. The molecule has 0 heterocycles. The smallest absolute Gasteiger partial charge is 0.244 e. The maximum absolute atomic E-state index is 13.5. The van der Waals surface area contributed by atoms with Gasteiger partial charge in [0.05, 0.1) is 22.0 Å². The topological polar surface area (TPSA) is 86.8 Å². The molecule has 34 heavy (non-hydrogen) atoms. The normalized spacial score (nSPS) is 12.7. The Morgan fingerprint density at radius 3 is 2.21 bits per heavy atom. The van der Waals surface area contributed by atoms with Gasteiger partial charge in [0, 0.05) is 17.1 Å². The van der Waals surface area contributed by atoms with Gasteiger partial charge in [-0.2, -0.15) is 0 Å². The molecule has 0 saturated carbocycles. The third-order valence-electron chi connectivity index (χ3n) is 4.78. The lowest BCUT2D eigenvalue weighted by Crippen LogP contribution is -2.54. The molecular formula is C23H28Cl3N3O4S. The second-order valence-electron chi connectivity index (χ2n) is 8.93. The van der Waals surface area contributed by atoms with Crippen molar-refractivity contribution in [1.29, 1.82) is 0 Å². The molecule has 2 aromatic rings. The van der Waals surface area contributed by atoms with Crippen molar-refractivity contribution in [2.75, 3.05) is 17.1 Å². The summed E-state index contributed by atoms with van der Waals surface area (Å²) in [7, 11) is -3.84. The Morgan fingerprint density at radius 2 is 1.68 bits per heavy atom. The van der Waals surface area contributed by atoms with Crippen LogP contribution in [0.25, 0.3) is 0 Å². The molecule has 2 rings (SSSR count). The van der Waals surface area contributed by atoms with Crippen LogP contribution in [-0.2, 0) is 26.2 Å². The molecule has 0 aliphatic rings. The number of nitrogens with zero attached hydrogens (tertiary/aromatic N) is 2. The molecule has 0 bridgehead atoms. The highest BCUT2D eigenvalue weighted by Gasteiger charge is 2.31. The molecule has 7 nitrogen and oxygen atoms in total. The van der Waals surface area contributed by atoms with Crippen LogP contribution >= 0.6 is 34.8 Å². The SMILES string of the molecule is C[C@@H](C(=O)NC(C)(C)C)N(Cc1ccc(Cl)c(Cl)c1)C(=O)CN(c1cccc(Cl)c1)S(C)(=O)=O. The summed E-state index contributed by atoms with van der Waals surface area (Å²) in [4.78, 5) is 27.7. The molecule has 2 amide bonds. The molecular weight excluding hydrogens is 521 g/mol. The van der Waals surface area contributed by atoms with Crippen LogP contribution in [0.4, 0.5) is 5.69 Å². The first kappa shape index (κ1) is 28.2. The molecule has 1 atom stereocenters. The maximum Gasteiger partial charge on any atom is 0.244 e. The summed E-state index contributed by atoms with van der Waals surface area (Å²) in [6, 6.07) is 10.2. The Labute approximate surface area is 216 Å². The predicted molar refractivity (Wildman–Crippen MR) is 138 cm³/mol. The van der Waals surface area contributed by atoms with Gasteiger partial charge >= 0.3 is 0 Å². The van der Waals surface area contributed by atoms with Gasteiger partial charge in [0.15, 0.2) is 0 Å². The van der Waals surface area contributed by atoms with Gasteiger partial charge in [0.2, 0.25) is 21.8 Å². The molecule has 0 spiro atoms. The fourth-order valence-electron chi connectivity index (χ4n) is 3.14. The zero-order chi connectivity index (χ0) is 25.8. The highest BCUT2D eigenvalue weighted by Crippen LogP contribution is 2.25. The number of rotatable bonds is 8. The second-order valence-corrected chi connectivity index (χ2v) is 12.1. The molecule has 0 aliphatic heterocycles. The van der Waals surface area contributed by atoms with Gasteiger partial charge in [0.25, 0.3) is 0 Å². The first-order valence-corrected chi connectivity index (χ1v) is 13.4. The van der Waals surface area contributed by atoms with Crippen molar-refractivity contribution in [3.63, 3.8) is 0 Å². The molecule has 0 fully saturated rings. The van der Waals surface area contributed by atoms with Crippen LogP contribution in [0.3, 0.4) is 0 Å². The number of halogens is 3. The van der Waals surface area contributed by atoms with Gasteiger partial charge in [-0.25, -0.2) is 8.42 Å². The summed E-state index contributed by atoms with van der Waals surface area (Å²) in [5.41, 5.74) is 0.347. The van der Waals surface area contributed by atoms with E-state index in [0.29, 0.717) is 20.6 Å². The molecule has 0 aliphatic carbocycles. The summed E-state index contributed by atoms with van der Waals surface area (Å²) in [5, 5.41) is 3.83. The van der Waals surface area contributed by atoms with E-state index < -0.39 is 34.1 Å². The number of carbonyl (C=O) groups excluding carboxylic acids is 2. The van der Waals surface area contributed by atoms with Gasteiger partial charge in [-0.15, -0.1) is 0 Å². The molecule has 0 radical (unpaired) electrons. The van der Waals surface area contributed by atoms with E-state index in [2.05, 4.69) is 5.32 Å². The first-order chi connectivity index (χ1) is 15.6. The summed E-state index contributed by atoms with van der Waals surface area (Å²) >= 11 is 18.2. The van der Waals surface area contributed by atoms with Crippen LogP contribution < -0.4 is 9.62 Å². The minimum Gasteiger partial charge on any atom is -0.350 e. The van der Waals surface area contributed by atoms with E-state index in [1.54, 1.807) is 43.3 Å². The minimum absolute atomic E-state index is 0.0155. The Kier molecular flexibility index (Phi) is 9.27. The average molecular weight is 549 g/mol. The lowest BCUT2D eigenvalue weighted by Gasteiger charge is -2.33. The predicted octanol–water partition coefficient (Wildman–Crippen LogP) is 4.74. The lowest BCUT2D eigenvalue weighted by molar-refractivity contribution is -0.140. The molecule has 2 aromatic carbocycles. The minimum atomic E-state index is -3.84. The van der Waals surface area contributed by atoms with Crippen LogP contribution in [0.2, 0.25) is 15.1 Å². The van der Waals surface area contributed by atoms with Crippen molar-refractivity contribution in [2.45, 2.75) is 45.8 Å². The third-order valence-corrected chi connectivity index (χ3v) is 6.89. The van der Waals surface area contributed by atoms with Crippen LogP contribution in [0.1, 0.15) is 33.3 Å². The standard InChI is InChI=1S/C23H28Cl3N3O4S/c1-15(22(31)27-23(2,3)4)28(13-16-9-10-19(25)20(26)11-16)21(30)14-29(34(5,32)33)18-8-6-7-17(24)12-18/h6-12,15H,13-14H2,1-5H3,(H,27,31)/t15-/m0/s1. The molecule has 0 aromatic heterocycles. The van der Waals surface area contributed by atoms with Crippen LogP contribution in [0.15, 0.2) is 42.5 Å². The van der Waals surface area contributed by atoms with Crippen LogP contribution in [0, 0.1) is 0 Å². The van der Waals surface area contributed by atoms with Gasteiger partial charge in [0.1, 0.15) is 12.6 Å². The Morgan fingerprint density at radius 1 is 1.03 bits per heavy atom. The zero-order valence-electron chi connectivity index (χ0n) is 19.6. The summed E-state index contributed by atoms with van der Waals surface area (Å²) in [6.45, 7) is 6.56. The summed E-state index contributed by atoms with van der Waals surface area (Å²) in [6.07, 6.45) is 1.00. The van der Waals surface area contributed by atoms with Crippen molar-refractivity contribution in [3.05, 3.63) is 63.1 Å². The number of amides is 2. The molecule has 0 saturated heterocycles. The monoisotopic (exact) mass is 547 g/mol. The maximum atomic E-state index is 13.5. The van der Waals surface area contributed by atoms with Gasteiger partial charge in [-0.05, 0) is 63.6 Å². The zero-order valence-corrected chi connectivity index (χ0v) is 22.7. The molecule has 1 N–H and O–H groups in total. The van der Waals surface area contributed by atoms with Crippen molar-refractivity contribution in [2.24, 2.45) is 0 Å². The first-order valence-electron chi connectivity index (χ1n) is 10.4. The van der Waals surface area contributed by atoms with Gasteiger partial charge in [-0.1, -0.05) is 46.9 Å². The van der Waals surface area contributed by atoms with E-state index >= 15 is 0 Å². The molecule has 0 unspecified atom stereocenters. The van der Waals surface area contributed by atoms with E-state index in [4.69, 9.17) is 34.8 Å². The van der Waals surface area contributed by atoms with Crippen molar-refractivity contribution < 1.29 is 18.0 Å². The van der Waals surface area contributed by atoms with E-state index in [0.717, 1.165) is 10.6 Å². The number of carbonyl (C=O) groups is 2. The van der Waals surface area contributed by atoms with Crippen LogP contribution in [0.5, 0.6) is 0 Å². The number of hydrogen-bond acceptors (Lipinski definition) is 4. The van der Waals surface area contributed by atoms with E-state index in [1.165, 1.54) is 11.0 Å². The fraction of sp³-hybridized carbons (Fsp3) is 0.391. The number of anilines is 1. The van der Waals surface area contributed by atoms with Gasteiger partial charge in [-0.3, -0.25) is 13.9 Å². The number of nitrogens with one attached hydrogen (secondary N) is 1. The highest BCUT2D eigenvalue weighted by molar-refractivity contribution is 7.92. The number of sulfonamides is 1. The molecule has 186 valence electrons. The van der Waals surface area contributed by atoms with Crippen molar-refractivity contribution >= 4 is 62.3 Å². The molecule has 11 heteroatoms. The van der Waals surface area contributed by atoms with Crippen LogP contribution in [-0.4, -0.2) is 49.5 Å². The van der Waals surface area contributed by atoms with E-state index in [9.17, 15) is 18.0 Å². The number of benzene rings is 2. The summed E-state index contributed by atoms with van der Waals surface area (Å²) in [5.74, 6) is -0.956. The van der Waals surface area contributed by atoms with E-state index in [1.807, 2.05) is 20.8 Å². The van der Waals surface area contributed by atoms with E-state index in [-0.39, 0.29) is 18.1 Å². The van der Waals surface area contributed by atoms with Crippen molar-refractivity contribution in [1.82, 2.24) is 10.2 Å². The lowest BCUT2D eigenvalue weighted by atomic mass is 10.1. The Hall–Kier alpha value is -2.00. The average Bonchev–Trinajstić information content (AvgIpc) is 2.70. The largest absolute Gasteiger partial charge is 0.350 e. The Balaban J connectivity index is 2.43. The van der Waals surface area contributed by atoms with Gasteiger partial charge < -0.3 is 10.2 Å². The number of hydrogen-bond donors (Lipinski definition) is 1. The Bertz CT molecular complexity index is 1170. The second kappa shape index (κ2) is 11.2.